The van der Waals surface area contributed by atoms with Crippen LogP contribution < -0.4 is 10.1 Å². The van der Waals surface area contributed by atoms with Crippen molar-refractivity contribution in [3.63, 3.8) is 0 Å². The van der Waals surface area contributed by atoms with Crippen molar-refractivity contribution in [1.29, 1.82) is 0 Å². The number of carbonyl (C=O) groups is 1. The first-order chi connectivity index (χ1) is 12.1. The van der Waals surface area contributed by atoms with Crippen LogP contribution in [0.2, 0.25) is 0 Å². The monoisotopic (exact) mass is 343 g/mol. The van der Waals surface area contributed by atoms with Gasteiger partial charge in [-0.25, -0.2) is 4.98 Å². The lowest BCUT2D eigenvalue weighted by atomic mass is 9.86. The van der Waals surface area contributed by atoms with Crippen LogP contribution in [-0.4, -0.2) is 51.4 Å². The summed E-state index contributed by atoms with van der Waals surface area (Å²) >= 11 is 0. The van der Waals surface area contributed by atoms with Gasteiger partial charge in [0.25, 0.3) is 5.91 Å². The Balaban J connectivity index is 1.66. The average molecular weight is 343 g/mol. The number of para-hydroxylation sites is 1. The smallest absolute Gasteiger partial charge is 0.271 e. The van der Waals surface area contributed by atoms with Gasteiger partial charge in [0.1, 0.15) is 11.4 Å². The summed E-state index contributed by atoms with van der Waals surface area (Å²) in [6.07, 6.45) is 3.38. The quantitative estimate of drug-likeness (QED) is 0.716. The summed E-state index contributed by atoms with van der Waals surface area (Å²) in [5, 5.41) is 22.8. The van der Waals surface area contributed by atoms with Gasteiger partial charge in [-0.15, -0.1) is 0 Å². The molecule has 3 rings (SSSR count). The van der Waals surface area contributed by atoms with Crippen molar-refractivity contribution in [2.75, 3.05) is 13.2 Å². The fourth-order valence-electron chi connectivity index (χ4n) is 3.08. The van der Waals surface area contributed by atoms with Crippen molar-refractivity contribution >= 4 is 5.91 Å². The second-order valence-corrected chi connectivity index (χ2v) is 6.42. The molecule has 0 radical (unpaired) electrons. The van der Waals surface area contributed by atoms with E-state index in [-0.39, 0.29) is 24.8 Å². The summed E-state index contributed by atoms with van der Waals surface area (Å²) in [6, 6.07) is 9.32. The molecule has 25 heavy (non-hydrogen) atoms. The van der Waals surface area contributed by atoms with E-state index in [0.29, 0.717) is 18.6 Å². The van der Waals surface area contributed by atoms with E-state index in [4.69, 9.17) is 4.74 Å². The Labute approximate surface area is 145 Å². The number of rotatable bonds is 6. The van der Waals surface area contributed by atoms with Crippen LogP contribution in [-0.2, 0) is 0 Å². The molecule has 1 aromatic carbocycles. The van der Waals surface area contributed by atoms with Crippen molar-refractivity contribution in [1.82, 2.24) is 15.3 Å². The number of nitrogens with zero attached hydrogens (tertiary/aromatic N) is 2. The van der Waals surface area contributed by atoms with Gasteiger partial charge >= 0.3 is 0 Å². The Morgan fingerprint density at radius 3 is 2.56 bits per heavy atom. The lowest BCUT2D eigenvalue weighted by Gasteiger charge is -2.29. The molecule has 7 heteroatoms. The van der Waals surface area contributed by atoms with Crippen LogP contribution in [0.5, 0.6) is 5.75 Å². The van der Waals surface area contributed by atoms with Crippen LogP contribution >= 0.6 is 0 Å². The van der Waals surface area contributed by atoms with Crippen molar-refractivity contribution in [2.45, 2.75) is 25.0 Å². The summed E-state index contributed by atoms with van der Waals surface area (Å²) in [6.45, 7) is 0.551. The molecule has 1 amide bonds. The summed E-state index contributed by atoms with van der Waals surface area (Å²) in [4.78, 5) is 20.0. The number of aliphatic hydroxyl groups excluding tert-OH is 2. The molecule has 3 N–H and O–H groups in total. The molecule has 1 aromatic heterocycles. The molecule has 2 atom stereocenters. The van der Waals surface area contributed by atoms with Gasteiger partial charge in [0, 0.05) is 24.4 Å². The Hall–Kier alpha value is -2.51. The van der Waals surface area contributed by atoms with Crippen LogP contribution in [0.3, 0.4) is 0 Å². The Bertz CT molecular complexity index is 686. The average Bonchev–Trinajstić information content (AvgIpc) is 2.94. The molecule has 1 saturated carbocycles. The molecule has 2 aromatic rings. The first-order valence-corrected chi connectivity index (χ1v) is 8.16. The second-order valence-electron chi connectivity index (χ2n) is 6.42. The van der Waals surface area contributed by atoms with Crippen LogP contribution in [0.15, 0.2) is 48.9 Å². The van der Waals surface area contributed by atoms with Gasteiger partial charge in [-0.3, -0.25) is 9.78 Å². The maximum absolute atomic E-state index is 12.2. The standard InChI is InChI=1S/C18H21N3O4/c22-15-8-18(9-16(15)23,12-25-13-4-2-1-3-5-13)11-21-17(24)14-10-19-6-7-20-14/h1-7,10,15-16,22-23H,8-9,11-12H2,(H,21,24). The highest BCUT2D eigenvalue weighted by Crippen LogP contribution is 2.38. The molecule has 0 bridgehead atoms. The Morgan fingerprint density at radius 2 is 1.92 bits per heavy atom. The molecule has 1 fully saturated rings. The highest BCUT2D eigenvalue weighted by atomic mass is 16.5. The van der Waals surface area contributed by atoms with Crippen molar-refractivity contribution < 1.29 is 19.7 Å². The van der Waals surface area contributed by atoms with Gasteiger partial charge in [-0.2, -0.15) is 0 Å². The zero-order chi connectivity index (χ0) is 17.7. The molecule has 1 aliphatic rings. The predicted molar refractivity (Wildman–Crippen MR) is 90.0 cm³/mol. The van der Waals surface area contributed by atoms with E-state index >= 15 is 0 Å². The Kier molecular flexibility index (Phi) is 5.25. The zero-order valence-electron chi connectivity index (χ0n) is 13.7. The van der Waals surface area contributed by atoms with E-state index in [1.807, 2.05) is 30.3 Å². The largest absolute Gasteiger partial charge is 0.493 e. The highest BCUT2D eigenvalue weighted by molar-refractivity contribution is 5.91. The third-order valence-electron chi connectivity index (χ3n) is 4.44. The minimum absolute atomic E-state index is 0.223. The molecule has 0 spiro atoms. The maximum atomic E-state index is 12.2. The summed E-state index contributed by atoms with van der Waals surface area (Å²) in [5.41, 5.74) is -0.326. The number of hydrogen-bond donors (Lipinski definition) is 3. The van der Waals surface area contributed by atoms with Gasteiger partial charge < -0.3 is 20.3 Å². The van der Waals surface area contributed by atoms with Crippen molar-refractivity contribution in [2.24, 2.45) is 5.41 Å². The maximum Gasteiger partial charge on any atom is 0.271 e. The molecule has 2 unspecified atom stereocenters. The summed E-state index contributed by atoms with van der Waals surface area (Å²) in [7, 11) is 0. The summed E-state index contributed by atoms with van der Waals surface area (Å²) in [5.74, 6) is 0.362. The number of hydrogen-bond acceptors (Lipinski definition) is 6. The van der Waals surface area contributed by atoms with E-state index in [1.54, 1.807) is 0 Å². The molecule has 0 saturated heterocycles. The fourth-order valence-corrected chi connectivity index (χ4v) is 3.08. The number of ether oxygens (including phenoxy) is 1. The lowest BCUT2D eigenvalue weighted by molar-refractivity contribution is 0.0438. The second kappa shape index (κ2) is 7.58. The zero-order valence-corrected chi connectivity index (χ0v) is 13.7. The minimum atomic E-state index is -0.826. The van der Waals surface area contributed by atoms with Crippen molar-refractivity contribution in [3.05, 3.63) is 54.6 Å². The molecule has 1 aliphatic carbocycles. The molecule has 132 valence electrons. The van der Waals surface area contributed by atoms with E-state index in [9.17, 15) is 15.0 Å². The molecule has 7 nitrogen and oxygen atoms in total. The third-order valence-corrected chi connectivity index (χ3v) is 4.44. The highest BCUT2D eigenvalue weighted by Gasteiger charge is 2.45. The number of amides is 1. The third kappa shape index (κ3) is 4.32. The summed E-state index contributed by atoms with van der Waals surface area (Å²) < 4.78 is 5.83. The van der Waals surface area contributed by atoms with E-state index in [0.717, 1.165) is 0 Å². The first-order valence-electron chi connectivity index (χ1n) is 8.16. The Morgan fingerprint density at radius 1 is 1.20 bits per heavy atom. The lowest BCUT2D eigenvalue weighted by Crippen LogP contribution is -2.40. The van der Waals surface area contributed by atoms with Gasteiger partial charge in [-0.05, 0) is 25.0 Å². The number of aromatic nitrogens is 2. The molecule has 1 heterocycles. The van der Waals surface area contributed by atoms with Gasteiger partial charge in [0.2, 0.25) is 0 Å². The SMILES string of the molecule is O=C(NCC1(COc2ccccc2)CC(O)C(O)C1)c1cnccn1. The van der Waals surface area contributed by atoms with E-state index in [2.05, 4.69) is 15.3 Å². The molecular weight excluding hydrogens is 322 g/mol. The number of benzene rings is 1. The number of nitrogens with one attached hydrogen (secondary N) is 1. The predicted octanol–water partition coefficient (Wildman–Crippen LogP) is 0.787. The molecule has 0 aliphatic heterocycles. The topological polar surface area (TPSA) is 105 Å². The number of carbonyl (C=O) groups excluding carboxylic acids is 1. The minimum Gasteiger partial charge on any atom is -0.493 e. The van der Waals surface area contributed by atoms with Gasteiger partial charge in [-0.1, -0.05) is 18.2 Å². The van der Waals surface area contributed by atoms with E-state index in [1.165, 1.54) is 18.6 Å². The first kappa shape index (κ1) is 17.3. The van der Waals surface area contributed by atoms with Gasteiger partial charge in [0.15, 0.2) is 0 Å². The van der Waals surface area contributed by atoms with Crippen LogP contribution in [0.25, 0.3) is 0 Å². The number of aliphatic hydroxyl groups is 2. The fraction of sp³-hybridized carbons (Fsp3) is 0.389. The van der Waals surface area contributed by atoms with Crippen LogP contribution in [0, 0.1) is 5.41 Å². The normalized spacial score (nSPS) is 25.5. The van der Waals surface area contributed by atoms with Gasteiger partial charge in [0.05, 0.1) is 25.0 Å². The molecular formula is C18H21N3O4. The van der Waals surface area contributed by atoms with Crippen molar-refractivity contribution in [3.8, 4) is 5.75 Å². The van der Waals surface area contributed by atoms with Crippen LogP contribution in [0.1, 0.15) is 23.3 Å². The van der Waals surface area contributed by atoms with E-state index < -0.39 is 17.6 Å². The van der Waals surface area contributed by atoms with Crippen LogP contribution in [0.4, 0.5) is 0 Å².